The van der Waals surface area contributed by atoms with Crippen molar-refractivity contribution in [3.63, 3.8) is 0 Å². The van der Waals surface area contributed by atoms with Gasteiger partial charge in [0.05, 0.1) is 27.8 Å². The van der Waals surface area contributed by atoms with E-state index in [9.17, 15) is 4.79 Å². The maximum absolute atomic E-state index is 12.8. The molecule has 5 aromatic heterocycles. The van der Waals surface area contributed by atoms with Crippen molar-refractivity contribution in [2.75, 3.05) is 5.32 Å². The predicted octanol–water partition coefficient (Wildman–Crippen LogP) is 7.12. The third-order valence-corrected chi connectivity index (χ3v) is 8.48. The zero-order valence-corrected chi connectivity index (χ0v) is 22.3. The maximum atomic E-state index is 12.8. The molecule has 9 heteroatoms. The van der Waals surface area contributed by atoms with Crippen LogP contribution in [0.2, 0.25) is 0 Å². The Bertz CT molecular complexity index is 1830. The summed E-state index contributed by atoms with van der Waals surface area (Å²) in [7, 11) is 0. The summed E-state index contributed by atoms with van der Waals surface area (Å²) in [6.45, 7) is 2.09. The van der Waals surface area contributed by atoms with Gasteiger partial charge >= 0.3 is 0 Å². The number of aromatic nitrogens is 6. The first kappa shape index (κ1) is 23.7. The summed E-state index contributed by atoms with van der Waals surface area (Å²) in [4.78, 5) is 32.5. The van der Waals surface area contributed by atoms with Gasteiger partial charge in [-0.25, -0.2) is 4.98 Å². The van der Waals surface area contributed by atoms with Crippen molar-refractivity contribution in [3.8, 4) is 33.2 Å². The molecule has 0 unspecified atom stereocenters. The summed E-state index contributed by atoms with van der Waals surface area (Å²) in [5.74, 6) is 0.871. The first-order valence-corrected chi connectivity index (χ1v) is 14.1. The van der Waals surface area contributed by atoms with Crippen molar-refractivity contribution in [2.24, 2.45) is 5.92 Å². The number of amides is 1. The number of hydrogen-bond donors (Lipinski definition) is 3. The number of carbonyl (C=O) groups is 1. The second-order valence-electron chi connectivity index (χ2n) is 10.2. The second kappa shape index (κ2) is 9.74. The van der Waals surface area contributed by atoms with E-state index in [-0.39, 0.29) is 11.8 Å². The minimum Gasteiger partial charge on any atom is -0.336 e. The summed E-state index contributed by atoms with van der Waals surface area (Å²) in [5, 5.41) is 11.8. The van der Waals surface area contributed by atoms with Crippen LogP contribution in [-0.4, -0.2) is 36.0 Å². The molecule has 1 aliphatic carbocycles. The van der Waals surface area contributed by atoms with Gasteiger partial charge in [-0.05, 0) is 61.7 Å². The average molecular weight is 534 g/mol. The number of fused-ring (bicyclic) bond motifs is 2. The Hall–Kier alpha value is -4.37. The monoisotopic (exact) mass is 533 g/mol. The Kier molecular flexibility index (Phi) is 5.93. The van der Waals surface area contributed by atoms with Crippen LogP contribution in [0.3, 0.4) is 0 Å². The number of pyridine rings is 2. The molecule has 194 valence electrons. The lowest BCUT2D eigenvalue weighted by Gasteiger charge is -2.20. The molecule has 1 aliphatic rings. The highest BCUT2D eigenvalue weighted by molar-refractivity contribution is 7.15. The fourth-order valence-electron chi connectivity index (χ4n) is 5.44. The van der Waals surface area contributed by atoms with Crippen molar-refractivity contribution >= 4 is 44.9 Å². The van der Waals surface area contributed by atoms with Gasteiger partial charge in [-0.1, -0.05) is 25.3 Å². The molecular formula is C30H27N7OS. The van der Waals surface area contributed by atoms with Crippen molar-refractivity contribution in [1.29, 1.82) is 0 Å². The zero-order chi connectivity index (χ0) is 26.3. The summed E-state index contributed by atoms with van der Waals surface area (Å²) < 4.78 is 0. The lowest BCUT2D eigenvalue weighted by atomic mass is 9.88. The first-order valence-electron chi connectivity index (χ1n) is 13.3. The number of anilines is 1. The minimum atomic E-state index is 0.0932. The van der Waals surface area contributed by atoms with Gasteiger partial charge in [0.15, 0.2) is 5.82 Å². The van der Waals surface area contributed by atoms with E-state index in [1.807, 2.05) is 36.7 Å². The molecule has 5 heterocycles. The van der Waals surface area contributed by atoms with Gasteiger partial charge in [0.2, 0.25) is 5.91 Å². The number of nitrogens with zero attached hydrogens (tertiary/aromatic N) is 4. The fourth-order valence-corrected chi connectivity index (χ4v) is 6.30. The molecule has 0 saturated heterocycles. The number of aromatic amines is 2. The third-order valence-electron chi connectivity index (χ3n) is 7.48. The number of nitrogens with one attached hydrogen (secondary N) is 3. The van der Waals surface area contributed by atoms with E-state index in [1.54, 1.807) is 17.5 Å². The lowest BCUT2D eigenvalue weighted by molar-refractivity contribution is -0.120. The smallest absolute Gasteiger partial charge is 0.227 e. The molecule has 1 fully saturated rings. The highest BCUT2D eigenvalue weighted by Crippen LogP contribution is 2.34. The molecule has 1 amide bonds. The zero-order valence-electron chi connectivity index (χ0n) is 21.5. The molecule has 0 bridgehead atoms. The molecule has 0 radical (unpaired) electrons. The Balaban J connectivity index is 1.22. The second-order valence-corrected chi connectivity index (χ2v) is 11.5. The van der Waals surface area contributed by atoms with Gasteiger partial charge in [-0.15, -0.1) is 11.3 Å². The lowest BCUT2D eigenvalue weighted by Crippen LogP contribution is -2.24. The van der Waals surface area contributed by atoms with Gasteiger partial charge in [0.1, 0.15) is 16.9 Å². The van der Waals surface area contributed by atoms with Crippen molar-refractivity contribution in [2.45, 2.75) is 39.0 Å². The Morgan fingerprint density at radius 1 is 0.974 bits per heavy atom. The quantitative estimate of drug-likeness (QED) is 0.218. The number of imidazole rings is 1. The maximum Gasteiger partial charge on any atom is 0.227 e. The molecular weight excluding hydrogens is 506 g/mol. The topological polar surface area (TPSA) is 112 Å². The van der Waals surface area contributed by atoms with Gasteiger partial charge in [0, 0.05) is 34.1 Å². The van der Waals surface area contributed by atoms with E-state index in [1.165, 1.54) is 11.3 Å². The Labute approximate surface area is 228 Å². The van der Waals surface area contributed by atoms with Crippen LogP contribution in [0, 0.1) is 12.8 Å². The highest BCUT2D eigenvalue weighted by Gasteiger charge is 2.21. The largest absolute Gasteiger partial charge is 0.336 e. The van der Waals surface area contributed by atoms with Gasteiger partial charge in [-0.2, -0.15) is 5.10 Å². The number of rotatable bonds is 5. The number of hydrogen-bond acceptors (Lipinski definition) is 6. The van der Waals surface area contributed by atoms with Crippen LogP contribution in [0.15, 0.2) is 61.1 Å². The molecule has 1 aromatic carbocycles. The van der Waals surface area contributed by atoms with Crippen LogP contribution in [-0.2, 0) is 4.79 Å². The van der Waals surface area contributed by atoms with Crippen LogP contribution in [0.4, 0.5) is 5.69 Å². The molecule has 0 spiro atoms. The number of carbonyl (C=O) groups excluding carboxylic acids is 1. The van der Waals surface area contributed by atoms with Crippen LogP contribution >= 0.6 is 11.3 Å². The fraction of sp³-hybridized carbons (Fsp3) is 0.233. The summed E-state index contributed by atoms with van der Waals surface area (Å²) in [6, 6.07) is 14.2. The first-order chi connectivity index (χ1) is 19.1. The van der Waals surface area contributed by atoms with E-state index in [0.717, 1.165) is 80.7 Å². The summed E-state index contributed by atoms with van der Waals surface area (Å²) in [5.41, 5.74) is 6.89. The molecule has 1 saturated carbocycles. The van der Waals surface area contributed by atoms with Crippen LogP contribution < -0.4 is 5.32 Å². The van der Waals surface area contributed by atoms with E-state index in [4.69, 9.17) is 4.98 Å². The van der Waals surface area contributed by atoms with Gasteiger partial charge < -0.3 is 10.3 Å². The standard InChI is InChI=1S/C30H27N7OS/c1-17-7-10-25(39-17)28-27-24(11-12-32-28)34-29(35-27)26-22-14-19(8-9-23(22)36-37-26)20-13-21(16-31-15-20)33-30(38)18-5-3-2-4-6-18/h7-16,18H,2-6H2,1H3,(H,33,38)(H,34,35)(H,36,37). The van der Waals surface area contributed by atoms with E-state index in [2.05, 4.69) is 55.6 Å². The molecule has 39 heavy (non-hydrogen) atoms. The number of H-pyrrole nitrogens is 2. The van der Waals surface area contributed by atoms with Crippen LogP contribution in [0.5, 0.6) is 0 Å². The summed E-state index contributed by atoms with van der Waals surface area (Å²) >= 11 is 1.71. The Morgan fingerprint density at radius 2 is 1.87 bits per heavy atom. The SMILES string of the molecule is Cc1ccc(-c2nccc3[nH]c(-c4n[nH]c5ccc(-c6cncc(NC(=O)C7CCCCC7)c6)cc45)nc23)s1. The van der Waals surface area contributed by atoms with Gasteiger partial charge in [0.25, 0.3) is 0 Å². The van der Waals surface area contributed by atoms with Crippen molar-refractivity contribution in [1.82, 2.24) is 30.1 Å². The predicted molar refractivity (Wildman–Crippen MR) is 155 cm³/mol. The molecule has 0 aliphatic heterocycles. The van der Waals surface area contributed by atoms with E-state index in [0.29, 0.717) is 5.82 Å². The van der Waals surface area contributed by atoms with Crippen LogP contribution in [0.1, 0.15) is 37.0 Å². The molecule has 7 rings (SSSR count). The van der Waals surface area contributed by atoms with E-state index < -0.39 is 0 Å². The summed E-state index contributed by atoms with van der Waals surface area (Å²) in [6.07, 6.45) is 10.7. The Morgan fingerprint density at radius 3 is 2.72 bits per heavy atom. The molecule has 0 atom stereocenters. The number of aryl methyl sites for hydroxylation is 1. The average Bonchev–Trinajstić information content (AvgIpc) is 3.71. The minimum absolute atomic E-state index is 0.0932. The highest BCUT2D eigenvalue weighted by atomic mass is 32.1. The number of benzene rings is 1. The number of thiophene rings is 1. The van der Waals surface area contributed by atoms with E-state index >= 15 is 0 Å². The molecule has 6 aromatic rings. The van der Waals surface area contributed by atoms with Crippen molar-refractivity contribution < 1.29 is 4.79 Å². The molecule has 3 N–H and O–H groups in total. The van der Waals surface area contributed by atoms with Crippen LogP contribution in [0.25, 0.3) is 55.2 Å². The van der Waals surface area contributed by atoms with Crippen molar-refractivity contribution in [3.05, 3.63) is 65.9 Å². The molecule has 8 nitrogen and oxygen atoms in total. The third kappa shape index (κ3) is 4.48. The normalized spacial score (nSPS) is 14.3. The van der Waals surface area contributed by atoms with Gasteiger partial charge in [-0.3, -0.25) is 19.9 Å².